The van der Waals surface area contributed by atoms with Crippen molar-refractivity contribution in [3.8, 4) is 0 Å². The topological polar surface area (TPSA) is 43.1 Å². The van der Waals surface area contributed by atoms with E-state index in [0.717, 1.165) is 18.4 Å². The van der Waals surface area contributed by atoms with E-state index in [0.29, 0.717) is 6.42 Å². The predicted octanol–water partition coefficient (Wildman–Crippen LogP) is 2.01. The molecule has 0 saturated heterocycles. The lowest BCUT2D eigenvalue weighted by Crippen LogP contribution is -1.99. The van der Waals surface area contributed by atoms with E-state index in [2.05, 4.69) is 6.58 Å². The first-order chi connectivity index (χ1) is 4.63. The first-order valence-electron chi connectivity index (χ1n) is 3.39. The van der Waals surface area contributed by atoms with Crippen LogP contribution in [0.1, 0.15) is 26.2 Å². The number of nitro groups is 1. The fourth-order valence-electron chi connectivity index (χ4n) is 0.668. The largest absolute Gasteiger partial charge is 0.265 e. The van der Waals surface area contributed by atoms with Crippen LogP contribution in [0.25, 0.3) is 0 Å². The predicted molar refractivity (Wildman–Crippen MR) is 40.5 cm³/mol. The molecule has 10 heavy (non-hydrogen) atoms. The van der Waals surface area contributed by atoms with E-state index in [9.17, 15) is 10.1 Å². The molecule has 3 heteroatoms. The quantitative estimate of drug-likeness (QED) is 0.256. The molecule has 0 bridgehead atoms. The summed E-state index contributed by atoms with van der Waals surface area (Å²) in [4.78, 5) is 9.55. The first kappa shape index (κ1) is 9.14. The lowest BCUT2D eigenvalue weighted by atomic mass is 10.1. The molecule has 0 fully saturated rings. The van der Waals surface area contributed by atoms with Crippen LogP contribution in [-0.2, 0) is 0 Å². The molecule has 0 aromatic carbocycles. The van der Waals surface area contributed by atoms with Gasteiger partial charge in [-0.3, -0.25) is 10.1 Å². The highest BCUT2D eigenvalue weighted by Crippen LogP contribution is 2.02. The van der Waals surface area contributed by atoms with Crippen molar-refractivity contribution in [3.63, 3.8) is 0 Å². The van der Waals surface area contributed by atoms with E-state index in [-0.39, 0.29) is 11.5 Å². The van der Waals surface area contributed by atoms with E-state index in [4.69, 9.17) is 0 Å². The molecular weight excluding hydrogens is 130 g/mol. The highest BCUT2D eigenvalue weighted by atomic mass is 16.6. The number of hydrogen-bond donors (Lipinski definition) is 0. The molecule has 0 heterocycles. The summed E-state index contributed by atoms with van der Waals surface area (Å²) < 4.78 is 0. The summed E-state index contributed by atoms with van der Waals surface area (Å²) >= 11 is 0. The maximum Gasteiger partial charge on any atom is 0.203 e. The number of allylic oxidation sites excluding steroid dienone is 1. The normalized spacial score (nSPS) is 9.30. The fraction of sp³-hybridized carbons (Fsp3) is 0.714. The number of rotatable bonds is 5. The molecule has 0 spiro atoms. The van der Waals surface area contributed by atoms with Crippen LogP contribution < -0.4 is 0 Å². The van der Waals surface area contributed by atoms with Crippen LogP contribution >= 0.6 is 0 Å². The van der Waals surface area contributed by atoms with E-state index in [1.165, 1.54) is 0 Å². The van der Waals surface area contributed by atoms with Gasteiger partial charge in [-0.1, -0.05) is 5.57 Å². The van der Waals surface area contributed by atoms with Gasteiger partial charge in [0.05, 0.1) is 0 Å². The van der Waals surface area contributed by atoms with Crippen LogP contribution in [0.4, 0.5) is 0 Å². The van der Waals surface area contributed by atoms with E-state index >= 15 is 0 Å². The zero-order chi connectivity index (χ0) is 7.98. The molecule has 0 atom stereocenters. The van der Waals surface area contributed by atoms with Gasteiger partial charge in [-0.2, -0.15) is 0 Å². The minimum absolute atomic E-state index is 0.0906. The summed E-state index contributed by atoms with van der Waals surface area (Å²) in [5, 5.41) is 9.83. The Bertz CT molecular complexity index is 116. The summed E-state index contributed by atoms with van der Waals surface area (Å²) in [6.45, 7) is 5.73. The van der Waals surface area contributed by atoms with Crippen molar-refractivity contribution in [3.05, 3.63) is 22.3 Å². The van der Waals surface area contributed by atoms with Gasteiger partial charge in [0, 0.05) is 11.3 Å². The van der Waals surface area contributed by atoms with Gasteiger partial charge in [0.15, 0.2) is 0 Å². The Hall–Kier alpha value is -0.860. The lowest BCUT2D eigenvalue weighted by Gasteiger charge is -1.94. The molecule has 58 valence electrons. The first-order valence-corrected chi connectivity index (χ1v) is 3.39. The molecule has 0 aliphatic carbocycles. The van der Waals surface area contributed by atoms with Crippen LogP contribution in [-0.4, -0.2) is 11.5 Å². The van der Waals surface area contributed by atoms with Gasteiger partial charge >= 0.3 is 0 Å². The van der Waals surface area contributed by atoms with Crippen molar-refractivity contribution in [2.45, 2.75) is 26.2 Å². The summed E-state index contributed by atoms with van der Waals surface area (Å²) in [5.74, 6) is 0. The Kier molecular flexibility index (Phi) is 4.54. The molecule has 0 aromatic rings. The summed E-state index contributed by atoms with van der Waals surface area (Å²) in [7, 11) is 0. The monoisotopic (exact) mass is 143 g/mol. The van der Waals surface area contributed by atoms with Crippen LogP contribution in [0.15, 0.2) is 12.2 Å². The smallest absolute Gasteiger partial charge is 0.203 e. The molecule has 0 aliphatic heterocycles. The molecule has 3 nitrogen and oxygen atoms in total. The zero-order valence-electron chi connectivity index (χ0n) is 6.30. The summed E-state index contributed by atoms with van der Waals surface area (Å²) in [5.41, 5.74) is 1.10. The SMILES string of the molecule is C=C(C)CCCC[N+](=O)[O-]. The van der Waals surface area contributed by atoms with Crippen molar-refractivity contribution < 1.29 is 4.92 Å². The van der Waals surface area contributed by atoms with E-state index in [1.54, 1.807) is 0 Å². The lowest BCUT2D eigenvalue weighted by molar-refractivity contribution is -0.480. The molecule has 0 unspecified atom stereocenters. The minimum Gasteiger partial charge on any atom is -0.265 e. The number of nitrogens with zero attached hydrogens (tertiary/aromatic N) is 1. The summed E-state index contributed by atoms with van der Waals surface area (Å²) in [6, 6.07) is 0. The molecule has 0 amide bonds. The van der Waals surface area contributed by atoms with E-state index in [1.807, 2.05) is 6.92 Å². The van der Waals surface area contributed by atoms with Crippen molar-refractivity contribution in [1.82, 2.24) is 0 Å². The molecule has 0 N–H and O–H groups in total. The standard InChI is InChI=1S/C7H13NO2/c1-7(2)5-3-4-6-8(9)10/h1,3-6H2,2H3. The van der Waals surface area contributed by atoms with Gasteiger partial charge in [0.1, 0.15) is 0 Å². The van der Waals surface area contributed by atoms with Gasteiger partial charge in [-0.25, -0.2) is 0 Å². The fourth-order valence-corrected chi connectivity index (χ4v) is 0.668. The van der Waals surface area contributed by atoms with Crippen LogP contribution in [0.5, 0.6) is 0 Å². The molecule has 0 radical (unpaired) electrons. The van der Waals surface area contributed by atoms with Crippen molar-refractivity contribution >= 4 is 0 Å². The average molecular weight is 143 g/mol. The van der Waals surface area contributed by atoms with Crippen molar-refractivity contribution in [2.24, 2.45) is 0 Å². The summed E-state index contributed by atoms with van der Waals surface area (Å²) in [6.07, 6.45) is 2.46. The highest BCUT2D eigenvalue weighted by molar-refractivity contribution is 4.86. The zero-order valence-corrected chi connectivity index (χ0v) is 6.30. The van der Waals surface area contributed by atoms with Gasteiger partial charge in [0.25, 0.3) is 0 Å². The van der Waals surface area contributed by atoms with Crippen LogP contribution in [0.2, 0.25) is 0 Å². The Morgan fingerprint density at radius 3 is 2.60 bits per heavy atom. The van der Waals surface area contributed by atoms with Crippen LogP contribution in [0.3, 0.4) is 0 Å². The molecule has 0 aromatic heterocycles. The van der Waals surface area contributed by atoms with Gasteiger partial charge in [0.2, 0.25) is 6.54 Å². The Morgan fingerprint density at radius 1 is 1.60 bits per heavy atom. The third-order valence-corrected chi connectivity index (χ3v) is 1.19. The second-order valence-corrected chi connectivity index (χ2v) is 2.47. The molecule has 0 saturated carbocycles. The van der Waals surface area contributed by atoms with Crippen molar-refractivity contribution in [1.29, 1.82) is 0 Å². The van der Waals surface area contributed by atoms with Crippen LogP contribution in [0, 0.1) is 10.1 Å². The third-order valence-electron chi connectivity index (χ3n) is 1.19. The average Bonchev–Trinajstić information content (AvgIpc) is 1.79. The van der Waals surface area contributed by atoms with Gasteiger partial charge < -0.3 is 0 Å². The molecule has 0 rings (SSSR count). The van der Waals surface area contributed by atoms with Gasteiger partial charge in [-0.05, 0) is 19.8 Å². The maximum absolute atomic E-state index is 9.83. The molecular formula is C7H13NO2. The Morgan fingerprint density at radius 2 is 2.20 bits per heavy atom. The second-order valence-electron chi connectivity index (χ2n) is 2.47. The van der Waals surface area contributed by atoms with Gasteiger partial charge in [-0.15, -0.1) is 6.58 Å². The Balaban J connectivity index is 3.06. The minimum atomic E-state index is -0.279. The van der Waals surface area contributed by atoms with E-state index < -0.39 is 0 Å². The maximum atomic E-state index is 9.83. The highest BCUT2D eigenvalue weighted by Gasteiger charge is 1.95. The number of unbranched alkanes of at least 4 members (excludes halogenated alkanes) is 1. The Labute approximate surface area is 60.9 Å². The van der Waals surface area contributed by atoms with Crippen molar-refractivity contribution in [2.75, 3.05) is 6.54 Å². The third kappa shape index (κ3) is 7.14. The second kappa shape index (κ2) is 4.97. The number of hydrogen-bond acceptors (Lipinski definition) is 2. The molecule has 0 aliphatic rings.